The minimum Gasteiger partial charge on any atom is -0.430 e. The highest BCUT2D eigenvalue weighted by molar-refractivity contribution is 7.17. The van der Waals surface area contributed by atoms with Crippen molar-refractivity contribution < 1.29 is 26.7 Å². The minimum atomic E-state index is -4.60. The van der Waals surface area contributed by atoms with E-state index in [9.17, 15) is 22.0 Å². The summed E-state index contributed by atoms with van der Waals surface area (Å²) >= 11 is 0. The van der Waals surface area contributed by atoms with Crippen LogP contribution in [-0.4, -0.2) is 20.2 Å². The fraction of sp³-hybridized carbons (Fsp3) is 0.143. The molecule has 1 unspecified atom stereocenters. The Balaban J connectivity index is 1.97. The molecule has 2 aromatic heterocycles. The van der Waals surface area contributed by atoms with Gasteiger partial charge in [-0.15, -0.1) is 0 Å². The van der Waals surface area contributed by atoms with Crippen LogP contribution in [0.15, 0.2) is 42.9 Å². The molecule has 10 heteroatoms. The van der Waals surface area contributed by atoms with Crippen LogP contribution in [0, 0.1) is 0 Å². The molecule has 0 saturated carbocycles. The lowest BCUT2D eigenvalue weighted by Gasteiger charge is -2.13. The van der Waals surface area contributed by atoms with Crippen molar-refractivity contribution in [3.63, 3.8) is 0 Å². The molecule has 3 rings (SSSR count). The number of ether oxygens (including phenoxy) is 1. The van der Waals surface area contributed by atoms with Crippen LogP contribution in [-0.2, 0) is 6.18 Å². The van der Waals surface area contributed by atoms with Gasteiger partial charge in [-0.05, 0) is 33.5 Å². The number of imidazole rings is 1. The van der Waals surface area contributed by atoms with Gasteiger partial charge in [-0.3, -0.25) is 9.38 Å². The summed E-state index contributed by atoms with van der Waals surface area (Å²) in [5.41, 5.74) is 0.863. The number of rotatable bonds is 3. The number of aromatic nitrogens is 3. The zero-order valence-corrected chi connectivity index (χ0v) is 12.9. The zero-order chi connectivity index (χ0) is 17.5. The number of halogens is 5. The molecule has 3 aromatic rings. The number of hydrogen-bond acceptors (Lipinski definition) is 3. The molecule has 0 bridgehead atoms. The van der Waals surface area contributed by atoms with E-state index in [0.717, 1.165) is 10.6 Å². The molecule has 0 fully saturated rings. The Labute approximate surface area is 134 Å². The molecule has 0 aliphatic heterocycles. The Kier molecular flexibility index (Phi) is 3.91. The summed E-state index contributed by atoms with van der Waals surface area (Å²) in [6, 6.07) is 5.39. The van der Waals surface area contributed by atoms with Crippen molar-refractivity contribution in [2.24, 2.45) is 0 Å². The van der Waals surface area contributed by atoms with E-state index >= 15 is 0 Å². The number of benzene rings is 1. The second kappa shape index (κ2) is 5.66. The molecule has 0 aliphatic carbocycles. The highest BCUT2D eigenvalue weighted by atomic mass is 31.0. The molecule has 0 aliphatic rings. The van der Waals surface area contributed by atoms with Gasteiger partial charge >= 0.3 is 12.0 Å². The Hall–Kier alpha value is -2.28. The fourth-order valence-electron chi connectivity index (χ4n) is 2.11. The molecule has 1 aromatic carbocycles. The number of nitrogens with zero attached hydrogens (tertiary/aromatic N) is 3. The molecule has 126 valence electrons. The number of hydrogen-bond donors (Lipinski definition) is 0. The van der Waals surface area contributed by atoms with E-state index < -0.39 is 17.9 Å². The van der Waals surface area contributed by atoms with Crippen molar-refractivity contribution in [3.8, 4) is 17.0 Å². The van der Waals surface area contributed by atoms with Gasteiger partial charge in [0.1, 0.15) is 5.75 Å². The lowest BCUT2D eigenvalue weighted by Crippen LogP contribution is -2.14. The SMILES string of the molecule is FC(F)(P)Oc1ccc(-c2cn3c(C(F)(F)F)ncc3cn2)cc1. The van der Waals surface area contributed by atoms with Crippen molar-refractivity contribution in [1.29, 1.82) is 0 Å². The molecule has 2 heterocycles. The summed E-state index contributed by atoms with van der Waals surface area (Å²) < 4.78 is 69.4. The van der Waals surface area contributed by atoms with Crippen molar-refractivity contribution in [3.05, 3.63) is 48.7 Å². The van der Waals surface area contributed by atoms with Crippen LogP contribution >= 0.6 is 9.24 Å². The van der Waals surface area contributed by atoms with Gasteiger partial charge in [0.05, 0.1) is 23.6 Å². The average molecular weight is 361 g/mol. The first-order valence-electron chi connectivity index (χ1n) is 6.50. The van der Waals surface area contributed by atoms with Crippen molar-refractivity contribution in [2.75, 3.05) is 0 Å². The maximum atomic E-state index is 12.9. The summed E-state index contributed by atoms with van der Waals surface area (Å²) in [6.45, 7) is 0. The fourth-order valence-corrected chi connectivity index (χ4v) is 2.24. The topological polar surface area (TPSA) is 39.4 Å². The first kappa shape index (κ1) is 16.6. The molecular formula is C14H9F5N3OP. The second-order valence-electron chi connectivity index (χ2n) is 4.84. The Bertz CT molecular complexity index is 871. The highest BCUT2D eigenvalue weighted by Gasteiger charge is 2.36. The molecule has 0 N–H and O–H groups in total. The molecule has 0 saturated heterocycles. The van der Waals surface area contributed by atoms with E-state index in [1.54, 1.807) is 0 Å². The van der Waals surface area contributed by atoms with E-state index in [4.69, 9.17) is 0 Å². The summed E-state index contributed by atoms with van der Waals surface area (Å²) in [6.07, 6.45) is -1.10. The van der Waals surface area contributed by atoms with Crippen LogP contribution in [0.1, 0.15) is 5.82 Å². The maximum Gasteiger partial charge on any atom is 0.450 e. The van der Waals surface area contributed by atoms with Gasteiger partial charge in [0, 0.05) is 11.8 Å². The van der Waals surface area contributed by atoms with Crippen molar-refractivity contribution in [2.45, 2.75) is 12.0 Å². The zero-order valence-electron chi connectivity index (χ0n) is 11.8. The van der Waals surface area contributed by atoms with Gasteiger partial charge in [0.2, 0.25) is 5.82 Å². The Morgan fingerprint density at radius 2 is 1.58 bits per heavy atom. The highest BCUT2D eigenvalue weighted by Crippen LogP contribution is 2.31. The van der Waals surface area contributed by atoms with Crippen LogP contribution in [0.5, 0.6) is 5.75 Å². The quantitative estimate of drug-likeness (QED) is 0.518. The third-order valence-corrected chi connectivity index (χ3v) is 3.19. The van der Waals surface area contributed by atoms with Crippen molar-refractivity contribution >= 4 is 14.8 Å². The largest absolute Gasteiger partial charge is 0.450 e. The normalized spacial score (nSPS) is 12.6. The van der Waals surface area contributed by atoms with Crippen LogP contribution in [0.3, 0.4) is 0 Å². The van der Waals surface area contributed by atoms with Gasteiger partial charge in [0.15, 0.2) is 0 Å². The predicted molar refractivity (Wildman–Crippen MR) is 78.7 cm³/mol. The van der Waals surface area contributed by atoms with E-state index in [0.29, 0.717) is 5.56 Å². The van der Waals surface area contributed by atoms with E-state index in [1.165, 1.54) is 45.9 Å². The molecule has 0 spiro atoms. The molecular weight excluding hydrogens is 352 g/mol. The summed E-state index contributed by atoms with van der Waals surface area (Å²) in [5, 5.41) is 0. The summed E-state index contributed by atoms with van der Waals surface area (Å²) in [4.78, 5) is 7.40. The molecule has 0 amide bonds. The third-order valence-electron chi connectivity index (χ3n) is 3.07. The van der Waals surface area contributed by atoms with Gasteiger partial charge < -0.3 is 4.74 Å². The summed E-state index contributed by atoms with van der Waals surface area (Å²) in [7, 11) is 1.24. The van der Waals surface area contributed by atoms with Crippen LogP contribution in [0.25, 0.3) is 16.8 Å². The first-order valence-corrected chi connectivity index (χ1v) is 7.08. The lowest BCUT2D eigenvalue weighted by molar-refractivity contribution is -0.145. The van der Waals surface area contributed by atoms with E-state index in [2.05, 4.69) is 14.7 Å². The number of alkyl halides is 5. The second-order valence-corrected chi connectivity index (χ2v) is 5.51. The van der Waals surface area contributed by atoms with Crippen LogP contribution in [0.2, 0.25) is 0 Å². The van der Waals surface area contributed by atoms with Crippen molar-refractivity contribution in [1.82, 2.24) is 14.4 Å². The van der Waals surface area contributed by atoms with Gasteiger partial charge in [-0.1, -0.05) is 0 Å². The van der Waals surface area contributed by atoms with Gasteiger partial charge in [-0.2, -0.15) is 22.0 Å². The summed E-state index contributed by atoms with van der Waals surface area (Å²) in [5.74, 6) is -4.56. The smallest absolute Gasteiger partial charge is 0.430 e. The molecule has 1 atom stereocenters. The lowest BCUT2D eigenvalue weighted by atomic mass is 10.1. The minimum absolute atomic E-state index is 0.0848. The van der Waals surface area contributed by atoms with Crippen LogP contribution in [0.4, 0.5) is 22.0 Å². The third kappa shape index (κ3) is 3.46. The predicted octanol–water partition coefficient (Wildman–Crippen LogP) is 4.22. The van der Waals surface area contributed by atoms with Gasteiger partial charge in [-0.25, -0.2) is 4.98 Å². The van der Waals surface area contributed by atoms with Crippen LogP contribution < -0.4 is 4.74 Å². The first-order chi connectivity index (χ1) is 11.1. The number of fused-ring (bicyclic) bond motifs is 1. The standard InChI is InChI=1S/C14H9F5N3OP/c15-13(16,17)12-21-6-9-5-20-11(7-22(9)12)8-1-3-10(4-2-8)23-14(18,19)24/h1-7H,24H2. The monoisotopic (exact) mass is 361 g/mol. The van der Waals surface area contributed by atoms with E-state index in [-0.39, 0.29) is 17.0 Å². The van der Waals surface area contributed by atoms with E-state index in [1.807, 2.05) is 0 Å². The average Bonchev–Trinajstić information content (AvgIpc) is 2.89. The molecule has 0 radical (unpaired) electrons. The van der Waals surface area contributed by atoms with Gasteiger partial charge in [0.25, 0.3) is 0 Å². The molecule has 4 nitrogen and oxygen atoms in total. The maximum absolute atomic E-state index is 12.9. The Morgan fingerprint density at radius 3 is 2.17 bits per heavy atom. The molecule has 24 heavy (non-hydrogen) atoms. The Morgan fingerprint density at radius 1 is 0.958 bits per heavy atom.